The summed E-state index contributed by atoms with van der Waals surface area (Å²) in [6, 6.07) is 0. The molecule has 3 atom stereocenters. The Hall–Kier alpha value is -0.900. The minimum Gasteiger partial charge on any atom is -0.388 e. The number of fused-ring (bicyclic) bond motifs is 1. The zero-order chi connectivity index (χ0) is 13.0. The normalized spacial score (nSPS) is 33.6. The van der Waals surface area contributed by atoms with Gasteiger partial charge in [-0.15, -0.1) is 0 Å². The van der Waals surface area contributed by atoms with Gasteiger partial charge in [-0.25, -0.2) is 0 Å². The number of hydrogen-bond acceptors (Lipinski definition) is 3. The SMILES string of the molecule is CCCC(C)(O)CN1C(=O)C2C(C1=O)C2(C)C. The van der Waals surface area contributed by atoms with Crippen LogP contribution in [0, 0.1) is 17.3 Å². The van der Waals surface area contributed by atoms with Crippen LogP contribution < -0.4 is 0 Å². The van der Waals surface area contributed by atoms with Crippen molar-refractivity contribution in [3.8, 4) is 0 Å². The van der Waals surface area contributed by atoms with Crippen molar-refractivity contribution in [2.45, 2.75) is 46.1 Å². The first-order valence-corrected chi connectivity index (χ1v) is 6.30. The Labute approximate surface area is 102 Å². The van der Waals surface area contributed by atoms with Crippen LogP contribution in [0.15, 0.2) is 0 Å². The maximum atomic E-state index is 12.0. The molecule has 1 aliphatic carbocycles. The number of amides is 2. The molecule has 3 unspecified atom stereocenters. The summed E-state index contributed by atoms with van der Waals surface area (Å²) in [6.45, 7) is 7.72. The van der Waals surface area contributed by atoms with E-state index in [1.54, 1.807) is 6.92 Å². The molecule has 1 aliphatic heterocycles. The van der Waals surface area contributed by atoms with Crippen molar-refractivity contribution in [2.75, 3.05) is 6.54 Å². The lowest BCUT2D eigenvalue weighted by molar-refractivity contribution is -0.147. The molecule has 1 N–H and O–H groups in total. The molecular formula is C13H21NO3. The number of aliphatic hydroxyl groups is 1. The van der Waals surface area contributed by atoms with Crippen LogP contribution in [-0.4, -0.2) is 34.0 Å². The largest absolute Gasteiger partial charge is 0.388 e. The maximum absolute atomic E-state index is 12.0. The van der Waals surface area contributed by atoms with Crippen molar-refractivity contribution in [1.82, 2.24) is 4.90 Å². The van der Waals surface area contributed by atoms with E-state index in [0.29, 0.717) is 6.42 Å². The highest BCUT2D eigenvalue weighted by molar-refractivity contribution is 6.10. The molecule has 0 aromatic rings. The van der Waals surface area contributed by atoms with Gasteiger partial charge in [0.25, 0.3) is 0 Å². The van der Waals surface area contributed by atoms with Gasteiger partial charge in [0.1, 0.15) is 0 Å². The molecule has 1 saturated carbocycles. The topological polar surface area (TPSA) is 57.6 Å². The van der Waals surface area contributed by atoms with Gasteiger partial charge >= 0.3 is 0 Å². The monoisotopic (exact) mass is 239 g/mol. The van der Waals surface area contributed by atoms with Crippen molar-refractivity contribution in [3.05, 3.63) is 0 Å². The molecule has 2 fully saturated rings. The van der Waals surface area contributed by atoms with Gasteiger partial charge in [0.2, 0.25) is 11.8 Å². The predicted octanol–water partition coefficient (Wildman–Crippen LogP) is 1.18. The summed E-state index contributed by atoms with van der Waals surface area (Å²) in [5.74, 6) is -0.484. The molecule has 17 heavy (non-hydrogen) atoms. The molecule has 2 rings (SSSR count). The average Bonchev–Trinajstić information content (AvgIpc) is 2.65. The van der Waals surface area contributed by atoms with Gasteiger partial charge in [0, 0.05) is 0 Å². The van der Waals surface area contributed by atoms with Crippen LogP contribution in [0.25, 0.3) is 0 Å². The number of imide groups is 1. The molecule has 4 heteroatoms. The first-order chi connectivity index (χ1) is 7.72. The molecule has 4 nitrogen and oxygen atoms in total. The average molecular weight is 239 g/mol. The van der Waals surface area contributed by atoms with Gasteiger partial charge in [-0.1, -0.05) is 27.2 Å². The third-order valence-electron chi connectivity index (χ3n) is 4.18. The van der Waals surface area contributed by atoms with E-state index < -0.39 is 5.60 Å². The smallest absolute Gasteiger partial charge is 0.233 e. The maximum Gasteiger partial charge on any atom is 0.233 e. The second-order valence-electron chi connectivity index (χ2n) is 6.29. The number of carbonyl (C=O) groups excluding carboxylic acids is 2. The van der Waals surface area contributed by atoms with Crippen molar-refractivity contribution < 1.29 is 14.7 Å². The predicted molar refractivity (Wildman–Crippen MR) is 63.0 cm³/mol. The third kappa shape index (κ3) is 1.79. The molecule has 1 saturated heterocycles. The number of carbonyl (C=O) groups is 2. The second-order valence-corrected chi connectivity index (χ2v) is 6.29. The lowest BCUT2D eigenvalue weighted by Gasteiger charge is -2.29. The van der Waals surface area contributed by atoms with Crippen LogP contribution in [0.3, 0.4) is 0 Å². The van der Waals surface area contributed by atoms with Gasteiger partial charge in [-0.2, -0.15) is 0 Å². The molecular weight excluding hydrogens is 218 g/mol. The van der Waals surface area contributed by atoms with Crippen LogP contribution in [0.4, 0.5) is 0 Å². The molecule has 0 aromatic carbocycles. The molecule has 0 bridgehead atoms. The zero-order valence-corrected chi connectivity index (χ0v) is 11.0. The Morgan fingerprint density at radius 2 is 1.76 bits per heavy atom. The summed E-state index contributed by atoms with van der Waals surface area (Å²) in [6.07, 6.45) is 1.43. The van der Waals surface area contributed by atoms with Crippen LogP contribution in [0.5, 0.6) is 0 Å². The highest BCUT2D eigenvalue weighted by Gasteiger charge is 2.72. The number of β-amino-alcohol motifs (C(OH)–C–C–N with tert-alkyl or cyclic N) is 1. The van der Waals surface area contributed by atoms with Crippen molar-refractivity contribution in [2.24, 2.45) is 17.3 Å². The Balaban J connectivity index is 2.07. The van der Waals surface area contributed by atoms with E-state index in [9.17, 15) is 14.7 Å². The lowest BCUT2D eigenvalue weighted by Crippen LogP contribution is -2.46. The minimum absolute atomic E-state index is 0.0959. The van der Waals surface area contributed by atoms with Crippen LogP contribution in [-0.2, 0) is 9.59 Å². The highest BCUT2D eigenvalue weighted by atomic mass is 16.3. The quantitative estimate of drug-likeness (QED) is 0.749. The zero-order valence-electron chi connectivity index (χ0n) is 11.0. The minimum atomic E-state index is -0.957. The number of likely N-dealkylation sites (tertiary alicyclic amines) is 1. The molecule has 0 radical (unpaired) electrons. The Morgan fingerprint density at radius 3 is 2.18 bits per heavy atom. The summed E-state index contributed by atoms with van der Waals surface area (Å²) in [5.41, 5.74) is -1.12. The first-order valence-electron chi connectivity index (χ1n) is 6.30. The van der Waals surface area contributed by atoms with Gasteiger partial charge in [-0.05, 0) is 18.8 Å². The van der Waals surface area contributed by atoms with Gasteiger partial charge in [-0.3, -0.25) is 14.5 Å². The van der Waals surface area contributed by atoms with E-state index in [1.807, 2.05) is 20.8 Å². The molecule has 1 heterocycles. The fourth-order valence-electron chi connectivity index (χ4n) is 3.12. The van der Waals surface area contributed by atoms with E-state index in [-0.39, 0.29) is 35.6 Å². The molecule has 96 valence electrons. The number of rotatable bonds is 4. The number of hydrogen-bond donors (Lipinski definition) is 1. The fraction of sp³-hybridized carbons (Fsp3) is 0.846. The summed E-state index contributed by atoms with van der Waals surface area (Å²) < 4.78 is 0. The van der Waals surface area contributed by atoms with Gasteiger partial charge in [0.05, 0.1) is 24.0 Å². The van der Waals surface area contributed by atoms with E-state index >= 15 is 0 Å². The first kappa shape index (κ1) is 12.6. The molecule has 2 amide bonds. The summed E-state index contributed by atoms with van der Waals surface area (Å²) in [4.78, 5) is 25.4. The summed E-state index contributed by atoms with van der Waals surface area (Å²) >= 11 is 0. The van der Waals surface area contributed by atoms with Gasteiger partial charge in [0.15, 0.2) is 0 Å². The van der Waals surface area contributed by atoms with E-state index in [4.69, 9.17) is 0 Å². The lowest BCUT2D eigenvalue weighted by atomic mass is 9.98. The van der Waals surface area contributed by atoms with E-state index in [1.165, 1.54) is 4.90 Å². The van der Waals surface area contributed by atoms with Crippen LogP contribution >= 0.6 is 0 Å². The summed E-state index contributed by atoms with van der Waals surface area (Å²) in [7, 11) is 0. The molecule has 0 spiro atoms. The van der Waals surface area contributed by atoms with E-state index in [2.05, 4.69) is 0 Å². The summed E-state index contributed by atoms with van der Waals surface area (Å²) in [5, 5.41) is 10.1. The Kier molecular flexibility index (Phi) is 2.62. The highest BCUT2D eigenvalue weighted by Crippen LogP contribution is 2.63. The van der Waals surface area contributed by atoms with Crippen LogP contribution in [0.1, 0.15) is 40.5 Å². The third-order valence-corrected chi connectivity index (χ3v) is 4.18. The van der Waals surface area contributed by atoms with Crippen LogP contribution in [0.2, 0.25) is 0 Å². The Morgan fingerprint density at radius 1 is 1.29 bits per heavy atom. The van der Waals surface area contributed by atoms with E-state index in [0.717, 1.165) is 6.42 Å². The fourth-order valence-corrected chi connectivity index (χ4v) is 3.12. The van der Waals surface area contributed by atoms with Crippen molar-refractivity contribution in [3.63, 3.8) is 0 Å². The van der Waals surface area contributed by atoms with Crippen molar-refractivity contribution >= 4 is 11.8 Å². The van der Waals surface area contributed by atoms with Gasteiger partial charge < -0.3 is 5.11 Å². The second kappa shape index (κ2) is 3.55. The standard InChI is InChI=1S/C13H21NO3/c1-5-6-13(4,17)7-14-10(15)8-9(11(14)16)12(8,2)3/h8-9,17H,5-7H2,1-4H3. The van der Waals surface area contributed by atoms with Crippen molar-refractivity contribution in [1.29, 1.82) is 0 Å². The Bertz CT molecular complexity index is 349. The molecule has 0 aromatic heterocycles. The number of piperidine rings is 1. The number of nitrogens with zero attached hydrogens (tertiary/aromatic N) is 1. The molecule has 2 aliphatic rings.